The molecule has 92 valence electrons. The van der Waals surface area contributed by atoms with Crippen molar-refractivity contribution in [3.05, 3.63) is 0 Å². The maximum Gasteiger partial charge on any atom is 0.0858 e. The SMILES string of the molecule is CC#CCCC(O)C(OC)C1CCCCC1. The van der Waals surface area contributed by atoms with E-state index in [1.54, 1.807) is 7.11 Å². The van der Waals surface area contributed by atoms with Crippen molar-refractivity contribution >= 4 is 0 Å². The highest BCUT2D eigenvalue weighted by atomic mass is 16.5. The first-order chi connectivity index (χ1) is 7.79. The van der Waals surface area contributed by atoms with E-state index in [1.165, 1.54) is 32.1 Å². The third kappa shape index (κ3) is 4.15. The molecule has 2 unspecified atom stereocenters. The molecular formula is C14H24O2. The number of ether oxygens (including phenoxy) is 1. The average molecular weight is 224 g/mol. The Morgan fingerprint density at radius 3 is 2.56 bits per heavy atom. The molecule has 1 aliphatic rings. The monoisotopic (exact) mass is 224 g/mol. The predicted octanol–water partition coefficient (Wildman–Crippen LogP) is 2.75. The molecule has 2 heteroatoms. The van der Waals surface area contributed by atoms with Gasteiger partial charge in [-0.25, -0.2) is 0 Å². The van der Waals surface area contributed by atoms with Gasteiger partial charge in [-0.05, 0) is 32.1 Å². The fourth-order valence-electron chi connectivity index (χ4n) is 2.64. The molecule has 1 saturated carbocycles. The van der Waals surface area contributed by atoms with Crippen LogP contribution in [0.25, 0.3) is 0 Å². The Morgan fingerprint density at radius 2 is 2.00 bits per heavy atom. The smallest absolute Gasteiger partial charge is 0.0858 e. The molecule has 2 nitrogen and oxygen atoms in total. The summed E-state index contributed by atoms with van der Waals surface area (Å²) in [4.78, 5) is 0. The van der Waals surface area contributed by atoms with E-state index in [2.05, 4.69) is 11.8 Å². The molecule has 0 aliphatic heterocycles. The highest BCUT2D eigenvalue weighted by Gasteiger charge is 2.28. The van der Waals surface area contributed by atoms with Gasteiger partial charge in [-0.3, -0.25) is 0 Å². The molecule has 0 heterocycles. The largest absolute Gasteiger partial charge is 0.390 e. The van der Waals surface area contributed by atoms with E-state index in [4.69, 9.17) is 4.74 Å². The number of hydrogen-bond acceptors (Lipinski definition) is 2. The molecule has 0 radical (unpaired) electrons. The summed E-state index contributed by atoms with van der Waals surface area (Å²) in [6.45, 7) is 1.83. The highest BCUT2D eigenvalue weighted by Crippen LogP contribution is 2.30. The molecule has 0 spiro atoms. The third-order valence-corrected chi connectivity index (χ3v) is 3.51. The zero-order chi connectivity index (χ0) is 11.8. The molecule has 0 aromatic carbocycles. The lowest BCUT2D eigenvalue weighted by molar-refractivity contribution is -0.0564. The normalized spacial score (nSPS) is 20.9. The van der Waals surface area contributed by atoms with Crippen LogP contribution in [0.15, 0.2) is 0 Å². The number of aliphatic hydroxyl groups excluding tert-OH is 1. The fraction of sp³-hybridized carbons (Fsp3) is 0.857. The summed E-state index contributed by atoms with van der Waals surface area (Å²) in [5, 5.41) is 10.1. The minimum Gasteiger partial charge on any atom is -0.390 e. The second-order valence-electron chi connectivity index (χ2n) is 4.63. The maximum atomic E-state index is 10.1. The minimum atomic E-state index is -0.353. The van der Waals surface area contributed by atoms with Gasteiger partial charge < -0.3 is 9.84 Å². The van der Waals surface area contributed by atoms with Gasteiger partial charge in [0.05, 0.1) is 12.2 Å². The van der Waals surface area contributed by atoms with Crippen molar-refractivity contribution in [2.75, 3.05) is 7.11 Å². The third-order valence-electron chi connectivity index (χ3n) is 3.51. The van der Waals surface area contributed by atoms with Crippen molar-refractivity contribution in [3.63, 3.8) is 0 Å². The molecule has 0 amide bonds. The first kappa shape index (κ1) is 13.5. The summed E-state index contributed by atoms with van der Waals surface area (Å²) < 4.78 is 5.48. The number of aliphatic hydroxyl groups is 1. The lowest BCUT2D eigenvalue weighted by Gasteiger charge is -2.32. The Balaban J connectivity index is 2.40. The van der Waals surface area contributed by atoms with E-state index in [-0.39, 0.29) is 12.2 Å². The molecule has 1 N–H and O–H groups in total. The van der Waals surface area contributed by atoms with Gasteiger partial charge in [0, 0.05) is 13.5 Å². The molecule has 0 bridgehead atoms. The Kier molecular flexibility index (Phi) is 6.52. The van der Waals surface area contributed by atoms with Gasteiger partial charge in [0.15, 0.2) is 0 Å². The summed E-state index contributed by atoms with van der Waals surface area (Å²) >= 11 is 0. The number of rotatable bonds is 5. The number of hydrogen-bond donors (Lipinski definition) is 1. The van der Waals surface area contributed by atoms with E-state index in [0.29, 0.717) is 5.92 Å². The molecule has 0 saturated heterocycles. The predicted molar refractivity (Wildman–Crippen MR) is 66.1 cm³/mol. The second-order valence-corrected chi connectivity index (χ2v) is 4.63. The van der Waals surface area contributed by atoms with Crippen LogP contribution < -0.4 is 0 Å². The average Bonchev–Trinajstić information content (AvgIpc) is 2.32. The number of methoxy groups -OCH3 is 1. The van der Waals surface area contributed by atoms with Crippen LogP contribution >= 0.6 is 0 Å². The van der Waals surface area contributed by atoms with Crippen LogP contribution in [0.4, 0.5) is 0 Å². The topological polar surface area (TPSA) is 29.5 Å². The first-order valence-electron chi connectivity index (χ1n) is 6.40. The van der Waals surface area contributed by atoms with Crippen molar-refractivity contribution in [1.29, 1.82) is 0 Å². The summed E-state index contributed by atoms with van der Waals surface area (Å²) in [7, 11) is 1.72. The molecule has 0 aromatic heterocycles. The molecule has 0 aromatic rings. The van der Waals surface area contributed by atoms with Gasteiger partial charge in [-0.15, -0.1) is 11.8 Å². The van der Waals surface area contributed by atoms with Crippen LogP contribution in [0.3, 0.4) is 0 Å². The molecule has 2 atom stereocenters. The van der Waals surface area contributed by atoms with E-state index in [1.807, 2.05) is 6.92 Å². The lowest BCUT2D eigenvalue weighted by Crippen LogP contribution is -2.36. The summed E-state index contributed by atoms with van der Waals surface area (Å²) in [6, 6.07) is 0. The summed E-state index contributed by atoms with van der Waals surface area (Å²) in [6.07, 6.45) is 7.47. The first-order valence-corrected chi connectivity index (χ1v) is 6.40. The van der Waals surface area contributed by atoms with E-state index < -0.39 is 0 Å². The summed E-state index contributed by atoms with van der Waals surface area (Å²) in [5.74, 6) is 6.40. The van der Waals surface area contributed by atoms with Crippen LogP contribution in [0, 0.1) is 17.8 Å². The lowest BCUT2D eigenvalue weighted by atomic mass is 9.82. The molecule has 1 aliphatic carbocycles. The fourth-order valence-corrected chi connectivity index (χ4v) is 2.64. The van der Waals surface area contributed by atoms with Crippen LogP contribution in [0.2, 0.25) is 0 Å². The van der Waals surface area contributed by atoms with Gasteiger partial charge in [-0.1, -0.05) is 19.3 Å². The van der Waals surface area contributed by atoms with E-state index >= 15 is 0 Å². The van der Waals surface area contributed by atoms with Gasteiger partial charge in [-0.2, -0.15) is 0 Å². The van der Waals surface area contributed by atoms with Crippen molar-refractivity contribution in [3.8, 4) is 11.8 Å². The van der Waals surface area contributed by atoms with Crippen LogP contribution in [-0.2, 0) is 4.74 Å². The Hall–Kier alpha value is -0.520. The molecule has 16 heavy (non-hydrogen) atoms. The Labute approximate surface area is 99.4 Å². The Bertz CT molecular complexity index is 233. The molecule has 1 rings (SSSR count). The standard InChI is InChI=1S/C14H24O2/c1-3-4-6-11-13(15)14(16-2)12-9-7-5-8-10-12/h12-15H,5-11H2,1-2H3. The zero-order valence-electron chi connectivity index (χ0n) is 10.5. The maximum absolute atomic E-state index is 10.1. The van der Waals surface area contributed by atoms with Crippen molar-refractivity contribution in [2.45, 2.75) is 64.1 Å². The summed E-state index contributed by atoms with van der Waals surface area (Å²) in [5.41, 5.74) is 0. The van der Waals surface area contributed by atoms with Gasteiger partial charge in [0.2, 0.25) is 0 Å². The highest BCUT2D eigenvalue weighted by molar-refractivity contribution is 4.95. The Morgan fingerprint density at radius 1 is 1.31 bits per heavy atom. The minimum absolute atomic E-state index is 0.0129. The van der Waals surface area contributed by atoms with Crippen molar-refractivity contribution in [1.82, 2.24) is 0 Å². The van der Waals surface area contributed by atoms with E-state index in [9.17, 15) is 5.11 Å². The van der Waals surface area contributed by atoms with Gasteiger partial charge in [0.1, 0.15) is 0 Å². The van der Waals surface area contributed by atoms with Crippen molar-refractivity contribution < 1.29 is 9.84 Å². The van der Waals surface area contributed by atoms with E-state index in [0.717, 1.165) is 12.8 Å². The van der Waals surface area contributed by atoms with Crippen LogP contribution in [0.5, 0.6) is 0 Å². The second kappa shape index (κ2) is 7.70. The van der Waals surface area contributed by atoms with Gasteiger partial charge >= 0.3 is 0 Å². The van der Waals surface area contributed by atoms with Crippen LogP contribution in [-0.4, -0.2) is 24.4 Å². The van der Waals surface area contributed by atoms with Crippen molar-refractivity contribution in [2.24, 2.45) is 5.92 Å². The quantitative estimate of drug-likeness (QED) is 0.728. The molecular weight excluding hydrogens is 200 g/mol. The molecule has 1 fully saturated rings. The van der Waals surface area contributed by atoms with Crippen LogP contribution in [0.1, 0.15) is 51.9 Å². The van der Waals surface area contributed by atoms with Gasteiger partial charge in [0.25, 0.3) is 0 Å². The zero-order valence-corrected chi connectivity index (χ0v) is 10.5.